The maximum atomic E-state index is 13.1. The van der Waals surface area contributed by atoms with Gasteiger partial charge in [-0.25, -0.2) is 9.38 Å². The van der Waals surface area contributed by atoms with Crippen molar-refractivity contribution in [1.29, 1.82) is 0 Å². The van der Waals surface area contributed by atoms with Crippen molar-refractivity contribution in [3.05, 3.63) is 93.6 Å². The minimum atomic E-state index is -0.346. The van der Waals surface area contributed by atoms with Gasteiger partial charge in [0.05, 0.1) is 22.2 Å². The summed E-state index contributed by atoms with van der Waals surface area (Å²) >= 11 is 7.70. The Hall–Kier alpha value is -3.29. The van der Waals surface area contributed by atoms with Gasteiger partial charge in [0.15, 0.2) is 16.7 Å². The summed E-state index contributed by atoms with van der Waals surface area (Å²) in [6.45, 7) is 2.66. The number of amidine groups is 1. The molecule has 5 nitrogen and oxygen atoms in total. The fourth-order valence-electron chi connectivity index (χ4n) is 3.07. The smallest absolute Gasteiger partial charge is 0.264 e. The van der Waals surface area contributed by atoms with E-state index in [2.05, 4.69) is 10.3 Å². The van der Waals surface area contributed by atoms with Crippen LogP contribution < -0.4 is 14.8 Å². The van der Waals surface area contributed by atoms with Crippen LogP contribution in [0, 0.1) is 5.82 Å². The zero-order valence-corrected chi connectivity index (χ0v) is 19.3. The zero-order valence-electron chi connectivity index (χ0n) is 17.7. The van der Waals surface area contributed by atoms with Crippen LogP contribution in [0.2, 0.25) is 5.02 Å². The quantitative estimate of drug-likeness (QED) is 0.399. The van der Waals surface area contributed by atoms with Crippen molar-refractivity contribution in [3.8, 4) is 11.5 Å². The summed E-state index contributed by atoms with van der Waals surface area (Å²) in [5.41, 5.74) is 2.24. The standard InChI is InChI=1S/C25H20ClFN2O3S/c1-2-31-21-13-17(12-20(26)23(21)32-15-16-6-4-3-5-7-16)14-22-24(30)29-25(33-22)28-19-10-8-18(27)9-11-19/h3-14H,2,15H2,1H3,(H,28,29,30)/b22-14+. The summed E-state index contributed by atoms with van der Waals surface area (Å²) in [6.07, 6.45) is 1.71. The molecule has 0 unspecified atom stereocenters. The number of nitrogens with zero attached hydrogens (tertiary/aromatic N) is 1. The van der Waals surface area contributed by atoms with Crippen LogP contribution in [0.1, 0.15) is 18.1 Å². The SMILES string of the molecule is CCOc1cc(/C=C2/SC(=Nc3ccc(F)cc3)NC2=O)cc(Cl)c1OCc1ccccc1. The van der Waals surface area contributed by atoms with Gasteiger partial charge in [0.2, 0.25) is 0 Å². The van der Waals surface area contributed by atoms with E-state index < -0.39 is 0 Å². The Morgan fingerprint density at radius 3 is 2.58 bits per heavy atom. The van der Waals surface area contributed by atoms with Crippen molar-refractivity contribution in [2.75, 3.05) is 6.61 Å². The number of thioether (sulfide) groups is 1. The monoisotopic (exact) mass is 482 g/mol. The fraction of sp³-hybridized carbons (Fsp3) is 0.120. The highest BCUT2D eigenvalue weighted by molar-refractivity contribution is 8.18. The minimum absolute atomic E-state index is 0.278. The molecule has 0 bridgehead atoms. The molecule has 1 aliphatic rings. The van der Waals surface area contributed by atoms with E-state index in [9.17, 15) is 9.18 Å². The van der Waals surface area contributed by atoms with Gasteiger partial charge in [0.1, 0.15) is 12.4 Å². The summed E-state index contributed by atoms with van der Waals surface area (Å²) in [6, 6.07) is 19.0. The molecule has 0 saturated carbocycles. The molecule has 0 radical (unpaired) electrons. The largest absolute Gasteiger partial charge is 0.490 e. The molecule has 168 valence electrons. The summed E-state index contributed by atoms with van der Waals surface area (Å²) in [5.74, 6) is 0.322. The van der Waals surface area contributed by atoms with E-state index in [0.717, 1.165) is 5.56 Å². The Morgan fingerprint density at radius 1 is 1.09 bits per heavy atom. The molecule has 1 heterocycles. The number of hydrogen-bond acceptors (Lipinski definition) is 5. The topological polar surface area (TPSA) is 59.9 Å². The Kier molecular flexibility index (Phi) is 7.32. The molecular weight excluding hydrogens is 463 g/mol. The number of carbonyl (C=O) groups is 1. The van der Waals surface area contributed by atoms with Crippen LogP contribution in [-0.4, -0.2) is 17.7 Å². The van der Waals surface area contributed by atoms with E-state index in [1.54, 1.807) is 30.3 Å². The number of nitrogens with one attached hydrogen (secondary N) is 1. The van der Waals surface area contributed by atoms with Crippen molar-refractivity contribution in [2.45, 2.75) is 13.5 Å². The lowest BCUT2D eigenvalue weighted by atomic mass is 10.1. The first-order valence-corrected chi connectivity index (χ1v) is 11.4. The van der Waals surface area contributed by atoms with Gasteiger partial charge < -0.3 is 14.8 Å². The third-order valence-electron chi connectivity index (χ3n) is 4.56. The van der Waals surface area contributed by atoms with Crippen molar-refractivity contribution >= 4 is 46.2 Å². The van der Waals surface area contributed by atoms with Gasteiger partial charge in [-0.05, 0) is 72.3 Å². The molecule has 1 amide bonds. The molecule has 8 heteroatoms. The molecule has 3 aromatic rings. The molecule has 1 fully saturated rings. The van der Waals surface area contributed by atoms with Crippen LogP contribution >= 0.6 is 23.4 Å². The number of ether oxygens (including phenoxy) is 2. The number of amides is 1. The van der Waals surface area contributed by atoms with Gasteiger partial charge in [0, 0.05) is 0 Å². The Bertz CT molecular complexity index is 1210. The van der Waals surface area contributed by atoms with Crippen LogP contribution in [0.3, 0.4) is 0 Å². The van der Waals surface area contributed by atoms with Crippen molar-refractivity contribution < 1.29 is 18.7 Å². The third kappa shape index (κ3) is 5.94. The molecular formula is C25H20ClFN2O3S. The Labute approximate surface area is 200 Å². The molecule has 3 aromatic carbocycles. The van der Waals surface area contributed by atoms with Gasteiger partial charge >= 0.3 is 0 Å². The number of halogens is 2. The second-order valence-electron chi connectivity index (χ2n) is 7.00. The number of hydrogen-bond donors (Lipinski definition) is 1. The minimum Gasteiger partial charge on any atom is -0.490 e. The van der Waals surface area contributed by atoms with Crippen LogP contribution in [0.25, 0.3) is 6.08 Å². The van der Waals surface area contributed by atoms with Crippen molar-refractivity contribution in [2.24, 2.45) is 4.99 Å². The van der Waals surface area contributed by atoms with E-state index >= 15 is 0 Å². The number of benzene rings is 3. The predicted octanol–water partition coefficient (Wildman–Crippen LogP) is 6.35. The van der Waals surface area contributed by atoms with Gasteiger partial charge in [-0.15, -0.1) is 0 Å². The average molecular weight is 483 g/mol. The van der Waals surface area contributed by atoms with Gasteiger partial charge in [0.25, 0.3) is 5.91 Å². The Morgan fingerprint density at radius 2 is 1.85 bits per heavy atom. The maximum Gasteiger partial charge on any atom is 0.264 e. The summed E-state index contributed by atoms with van der Waals surface area (Å²) < 4.78 is 24.8. The normalized spacial score (nSPS) is 15.7. The Balaban J connectivity index is 1.55. The first kappa shape index (κ1) is 22.9. The lowest BCUT2D eigenvalue weighted by molar-refractivity contribution is -0.115. The molecule has 0 aliphatic carbocycles. The highest BCUT2D eigenvalue weighted by Crippen LogP contribution is 2.39. The molecule has 1 aliphatic heterocycles. The van der Waals surface area contributed by atoms with Gasteiger partial charge in [-0.1, -0.05) is 41.9 Å². The first-order valence-electron chi connectivity index (χ1n) is 10.2. The average Bonchev–Trinajstić information content (AvgIpc) is 3.14. The highest BCUT2D eigenvalue weighted by atomic mass is 35.5. The van der Waals surface area contributed by atoms with Crippen LogP contribution in [0.15, 0.2) is 76.6 Å². The van der Waals surface area contributed by atoms with Crippen LogP contribution in [-0.2, 0) is 11.4 Å². The predicted molar refractivity (Wildman–Crippen MR) is 131 cm³/mol. The third-order valence-corrected chi connectivity index (χ3v) is 5.75. The molecule has 1 saturated heterocycles. The van der Waals surface area contributed by atoms with Crippen molar-refractivity contribution in [1.82, 2.24) is 5.32 Å². The number of aliphatic imine (C=N–C) groups is 1. The van der Waals surface area contributed by atoms with Crippen LogP contribution in [0.4, 0.5) is 10.1 Å². The summed E-state index contributed by atoms with van der Waals surface area (Å²) in [5, 5.41) is 3.51. The lowest BCUT2D eigenvalue weighted by Crippen LogP contribution is -2.19. The van der Waals surface area contributed by atoms with Crippen LogP contribution in [0.5, 0.6) is 11.5 Å². The van der Waals surface area contributed by atoms with Gasteiger partial charge in [-0.2, -0.15) is 0 Å². The first-order chi connectivity index (χ1) is 16.0. The van der Waals surface area contributed by atoms with E-state index in [4.69, 9.17) is 21.1 Å². The van der Waals surface area contributed by atoms with E-state index in [1.165, 1.54) is 23.9 Å². The highest BCUT2D eigenvalue weighted by Gasteiger charge is 2.24. The van der Waals surface area contributed by atoms with E-state index in [-0.39, 0.29) is 11.7 Å². The molecule has 0 spiro atoms. The molecule has 33 heavy (non-hydrogen) atoms. The number of carbonyl (C=O) groups excluding carboxylic acids is 1. The van der Waals surface area contributed by atoms with Crippen molar-refractivity contribution in [3.63, 3.8) is 0 Å². The maximum absolute atomic E-state index is 13.1. The second-order valence-corrected chi connectivity index (χ2v) is 8.43. The molecule has 1 N–H and O–H groups in total. The molecule has 0 atom stereocenters. The van der Waals surface area contributed by atoms with Gasteiger partial charge in [-0.3, -0.25) is 4.79 Å². The summed E-state index contributed by atoms with van der Waals surface area (Å²) in [4.78, 5) is 17.2. The summed E-state index contributed by atoms with van der Waals surface area (Å²) in [7, 11) is 0. The molecule has 4 rings (SSSR count). The van der Waals surface area contributed by atoms with E-state index in [1.807, 2.05) is 37.3 Å². The lowest BCUT2D eigenvalue weighted by Gasteiger charge is -2.14. The zero-order chi connectivity index (χ0) is 23.2. The number of rotatable bonds is 7. The van der Waals surface area contributed by atoms with E-state index in [0.29, 0.717) is 51.1 Å². The second kappa shape index (κ2) is 10.6. The molecule has 0 aromatic heterocycles. The fourth-order valence-corrected chi connectivity index (χ4v) is 4.18.